The predicted octanol–water partition coefficient (Wildman–Crippen LogP) is 4.96. The number of carbonyl (C=O) groups excluding carboxylic acids is 1. The van der Waals surface area contributed by atoms with E-state index >= 15 is 0 Å². The summed E-state index contributed by atoms with van der Waals surface area (Å²) in [7, 11) is 0. The highest BCUT2D eigenvalue weighted by Gasteiger charge is 2.09. The van der Waals surface area contributed by atoms with Crippen molar-refractivity contribution in [1.82, 2.24) is 0 Å². The van der Waals surface area contributed by atoms with Crippen LogP contribution in [0.15, 0.2) is 42.5 Å². The van der Waals surface area contributed by atoms with Gasteiger partial charge in [-0.3, -0.25) is 4.79 Å². The molecule has 0 saturated carbocycles. The molecular formula is C18H19FINO2. The molecule has 0 aliphatic rings. The Balaban J connectivity index is 1.89. The summed E-state index contributed by atoms with van der Waals surface area (Å²) in [5, 5.41) is 2.50. The van der Waals surface area contributed by atoms with Crippen LogP contribution in [0.5, 0.6) is 5.75 Å². The van der Waals surface area contributed by atoms with Crippen LogP contribution in [-0.4, -0.2) is 12.5 Å². The van der Waals surface area contributed by atoms with Gasteiger partial charge in [0.05, 0.1) is 5.69 Å². The zero-order valence-corrected chi connectivity index (χ0v) is 15.3. The van der Waals surface area contributed by atoms with Crippen molar-refractivity contribution in [2.24, 2.45) is 0 Å². The van der Waals surface area contributed by atoms with E-state index in [0.717, 1.165) is 9.99 Å². The third kappa shape index (κ3) is 5.20. The third-order valence-electron chi connectivity index (χ3n) is 3.64. The van der Waals surface area contributed by atoms with Crippen molar-refractivity contribution < 1.29 is 13.9 Å². The summed E-state index contributed by atoms with van der Waals surface area (Å²) in [6, 6.07) is 12.3. The molecule has 23 heavy (non-hydrogen) atoms. The molecule has 0 heterocycles. The maximum Gasteiger partial charge on any atom is 0.262 e. The van der Waals surface area contributed by atoms with E-state index in [-0.39, 0.29) is 12.3 Å². The number of anilines is 1. The molecule has 122 valence electrons. The van der Waals surface area contributed by atoms with E-state index in [9.17, 15) is 9.18 Å². The fourth-order valence-electron chi connectivity index (χ4n) is 2.05. The van der Waals surface area contributed by atoms with Crippen LogP contribution < -0.4 is 10.1 Å². The van der Waals surface area contributed by atoms with E-state index in [1.165, 1.54) is 17.7 Å². The lowest BCUT2D eigenvalue weighted by Crippen LogP contribution is -2.20. The second kappa shape index (κ2) is 8.29. The van der Waals surface area contributed by atoms with E-state index < -0.39 is 11.7 Å². The molecule has 0 unspecified atom stereocenters. The van der Waals surface area contributed by atoms with Crippen molar-refractivity contribution in [3.8, 4) is 5.75 Å². The zero-order valence-electron chi connectivity index (χ0n) is 13.1. The Hall–Kier alpha value is -1.63. The van der Waals surface area contributed by atoms with Crippen molar-refractivity contribution in [2.75, 3.05) is 11.9 Å². The summed E-state index contributed by atoms with van der Waals surface area (Å²) < 4.78 is 19.9. The van der Waals surface area contributed by atoms with Gasteiger partial charge in [0.25, 0.3) is 5.91 Å². The molecule has 1 atom stereocenters. The number of ether oxygens (including phenoxy) is 1. The minimum absolute atomic E-state index is 0.158. The average Bonchev–Trinajstić information content (AvgIpc) is 2.55. The van der Waals surface area contributed by atoms with E-state index in [1.807, 2.05) is 46.9 Å². The van der Waals surface area contributed by atoms with Crippen molar-refractivity contribution >= 4 is 34.2 Å². The number of halogens is 2. The molecule has 0 aromatic heterocycles. The molecule has 5 heteroatoms. The first-order valence-electron chi connectivity index (χ1n) is 7.47. The number of amides is 1. The van der Waals surface area contributed by atoms with E-state index in [2.05, 4.69) is 19.2 Å². The highest BCUT2D eigenvalue weighted by Crippen LogP contribution is 2.21. The smallest absolute Gasteiger partial charge is 0.262 e. The van der Waals surface area contributed by atoms with Crippen LogP contribution in [0, 0.1) is 9.39 Å². The molecule has 0 fully saturated rings. The second-order valence-electron chi connectivity index (χ2n) is 5.34. The van der Waals surface area contributed by atoms with Crippen LogP contribution in [0.4, 0.5) is 10.1 Å². The van der Waals surface area contributed by atoms with Crippen LogP contribution in [0.1, 0.15) is 31.7 Å². The Labute approximate surface area is 149 Å². The number of hydrogen-bond donors (Lipinski definition) is 1. The molecule has 1 N–H and O–H groups in total. The normalized spacial score (nSPS) is 11.8. The summed E-state index contributed by atoms with van der Waals surface area (Å²) in [6.45, 7) is 4.15. The first-order chi connectivity index (χ1) is 11.0. The van der Waals surface area contributed by atoms with Gasteiger partial charge in [0.1, 0.15) is 11.6 Å². The Morgan fingerprint density at radius 2 is 1.96 bits per heavy atom. The lowest BCUT2D eigenvalue weighted by atomic mass is 9.99. The summed E-state index contributed by atoms with van der Waals surface area (Å²) in [5.74, 6) is 0.269. The Morgan fingerprint density at radius 1 is 1.26 bits per heavy atom. The maximum atomic E-state index is 13.7. The molecule has 0 bridgehead atoms. The summed E-state index contributed by atoms with van der Waals surface area (Å²) in [4.78, 5) is 11.8. The molecule has 2 aromatic carbocycles. The lowest BCUT2D eigenvalue weighted by molar-refractivity contribution is -0.118. The summed E-state index contributed by atoms with van der Waals surface area (Å²) >= 11 is 2.01. The van der Waals surface area contributed by atoms with Crippen LogP contribution in [0.3, 0.4) is 0 Å². The van der Waals surface area contributed by atoms with Gasteiger partial charge in [-0.1, -0.05) is 26.0 Å². The van der Waals surface area contributed by atoms with E-state index in [0.29, 0.717) is 11.7 Å². The molecule has 0 radical (unpaired) electrons. The molecule has 0 spiro atoms. The molecular weight excluding hydrogens is 408 g/mol. The van der Waals surface area contributed by atoms with Crippen LogP contribution in [0.2, 0.25) is 0 Å². The quantitative estimate of drug-likeness (QED) is 0.662. The van der Waals surface area contributed by atoms with Gasteiger partial charge in [0.15, 0.2) is 6.61 Å². The summed E-state index contributed by atoms with van der Waals surface area (Å²) in [6.07, 6.45) is 1.07. The highest BCUT2D eigenvalue weighted by atomic mass is 127. The van der Waals surface area contributed by atoms with Crippen molar-refractivity contribution in [2.45, 2.75) is 26.2 Å². The predicted molar refractivity (Wildman–Crippen MR) is 98.4 cm³/mol. The van der Waals surface area contributed by atoms with Crippen LogP contribution >= 0.6 is 22.6 Å². The Morgan fingerprint density at radius 3 is 2.57 bits per heavy atom. The molecule has 0 saturated heterocycles. The number of carbonyl (C=O) groups is 1. The zero-order chi connectivity index (χ0) is 16.8. The fourth-order valence-corrected chi connectivity index (χ4v) is 2.51. The molecule has 0 aliphatic carbocycles. The second-order valence-corrected chi connectivity index (χ2v) is 6.58. The molecule has 2 aromatic rings. The number of nitrogens with one attached hydrogen (secondary N) is 1. The largest absolute Gasteiger partial charge is 0.484 e. The number of benzene rings is 2. The lowest BCUT2D eigenvalue weighted by Gasteiger charge is -2.11. The first kappa shape index (κ1) is 17.7. The standard InChI is InChI=1S/C18H19FINO2/c1-3-12(2)13-4-7-15(8-5-13)23-11-18(22)21-17-9-6-14(20)10-16(17)19/h4-10,12H,3,11H2,1-2H3,(H,21,22)/t12-/m0/s1. The third-order valence-corrected chi connectivity index (χ3v) is 4.31. The minimum Gasteiger partial charge on any atom is -0.484 e. The van der Waals surface area contributed by atoms with Crippen molar-refractivity contribution in [3.05, 3.63) is 57.4 Å². The van der Waals surface area contributed by atoms with Gasteiger partial charge in [-0.05, 0) is 70.8 Å². The summed E-state index contributed by atoms with van der Waals surface area (Å²) in [5.41, 5.74) is 1.40. The van der Waals surface area contributed by atoms with Gasteiger partial charge in [0.2, 0.25) is 0 Å². The molecule has 3 nitrogen and oxygen atoms in total. The van der Waals surface area contributed by atoms with Gasteiger partial charge in [0, 0.05) is 3.57 Å². The highest BCUT2D eigenvalue weighted by molar-refractivity contribution is 14.1. The number of hydrogen-bond acceptors (Lipinski definition) is 2. The maximum absolute atomic E-state index is 13.7. The Bertz CT molecular complexity index is 673. The van der Waals surface area contributed by atoms with Crippen molar-refractivity contribution in [1.29, 1.82) is 0 Å². The van der Waals surface area contributed by atoms with Crippen LogP contribution in [0.25, 0.3) is 0 Å². The minimum atomic E-state index is -0.455. The fraction of sp³-hybridized carbons (Fsp3) is 0.278. The number of rotatable bonds is 6. The van der Waals surface area contributed by atoms with Crippen molar-refractivity contribution in [3.63, 3.8) is 0 Å². The average molecular weight is 427 g/mol. The Kier molecular flexibility index (Phi) is 6.38. The van der Waals surface area contributed by atoms with Crippen LogP contribution in [-0.2, 0) is 4.79 Å². The first-order valence-corrected chi connectivity index (χ1v) is 8.55. The van der Waals surface area contributed by atoms with E-state index in [1.54, 1.807) is 6.07 Å². The molecule has 2 rings (SSSR count). The van der Waals surface area contributed by atoms with E-state index in [4.69, 9.17) is 4.74 Å². The van der Waals surface area contributed by atoms with Gasteiger partial charge in [-0.2, -0.15) is 0 Å². The monoisotopic (exact) mass is 427 g/mol. The van der Waals surface area contributed by atoms with Gasteiger partial charge >= 0.3 is 0 Å². The van der Waals surface area contributed by atoms with Gasteiger partial charge in [-0.15, -0.1) is 0 Å². The molecule has 0 aliphatic heterocycles. The SMILES string of the molecule is CC[C@H](C)c1ccc(OCC(=O)Nc2ccc(I)cc2F)cc1. The molecule has 1 amide bonds. The van der Waals surface area contributed by atoms with Gasteiger partial charge in [-0.25, -0.2) is 4.39 Å². The van der Waals surface area contributed by atoms with Gasteiger partial charge < -0.3 is 10.1 Å². The topological polar surface area (TPSA) is 38.3 Å².